The zero-order valence-corrected chi connectivity index (χ0v) is 14.6. The lowest BCUT2D eigenvalue weighted by atomic mass is 10.0. The van der Waals surface area contributed by atoms with E-state index in [0.717, 1.165) is 35.1 Å². The molecule has 1 aliphatic rings. The molecular formula is C17H25BrN2O. The van der Waals surface area contributed by atoms with Gasteiger partial charge < -0.3 is 10.2 Å². The summed E-state index contributed by atoms with van der Waals surface area (Å²) in [7, 11) is 0. The van der Waals surface area contributed by atoms with Crippen molar-refractivity contribution in [3.63, 3.8) is 0 Å². The van der Waals surface area contributed by atoms with Gasteiger partial charge in [0, 0.05) is 29.2 Å². The first-order valence-corrected chi connectivity index (χ1v) is 8.66. The van der Waals surface area contributed by atoms with Crippen LogP contribution < -0.4 is 5.32 Å². The van der Waals surface area contributed by atoms with Gasteiger partial charge in [0.15, 0.2) is 0 Å². The molecule has 0 aromatic heterocycles. The fraction of sp³-hybridized carbons (Fsp3) is 0.588. The van der Waals surface area contributed by atoms with E-state index < -0.39 is 0 Å². The number of likely N-dealkylation sites (tertiary alicyclic amines) is 1. The summed E-state index contributed by atoms with van der Waals surface area (Å²) in [6.45, 7) is 7.31. The number of carbonyl (C=O) groups is 1. The fourth-order valence-electron chi connectivity index (χ4n) is 2.92. The molecule has 1 saturated heterocycles. The maximum Gasteiger partial charge on any atom is 0.251 e. The summed E-state index contributed by atoms with van der Waals surface area (Å²) in [5, 5.41) is 3.03. The van der Waals surface area contributed by atoms with Crippen LogP contribution in [0.15, 0.2) is 22.7 Å². The third-order valence-electron chi connectivity index (χ3n) is 4.36. The van der Waals surface area contributed by atoms with Crippen molar-refractivity contribution in [2.75, 3.05) is 19.6 Å². The summed E-state index contributed by atoms with van der Waals surface area (Å²) in [6, 6.07) is 6.44. The molecule has 116 valence electrons. The number of hydrogen-bond donors (Lipinski definition) is 1. The molecule has 2 rings (SSSR count). The van der Waals surface area contributed by atoms with E-state index in [1.165, 1.54) is 25.8 Å². The highest BCUT2D eigenvalue weighted by atomic mass is 79.9. The van der Waals surface area contributed by atoms with Gasteiger partial charge in [-0.05, 0) is 57.4 Å². The van der Waals surface area contributed by atoms with Crippen LogP contribution in [-0.2, 0) is 0 Å². The van der Waals surface area contributed by atoms with Crippen LogP contribution in [0.4, 0.5) is 0 Å². The molecule has 1 atom stereocenters. The molecule has 1 amide bonds. The molecule has 1 fully saturated rings. The predicted molar refractivity (Wildman–Crippen MR) is 90.7 cm³/mol. The average Bonchev–Trinajstić information content (AvgIpc) is 2.48. The van der Waals surface area contributed by atoms with Gasteiger partial charge in [0.05, 0.1) is 0 Å². The highest BCUT2D eigenvalue weighted by Crippen LogP contribution is 2.19. The van der Waals surface area contributed by atoms with Gasteiger partial charge in [-0.2, -0.15) is 0 Å². The number of piperidine rings is 1. The Labute approximate surface area is 136 Å². The number of rotatable bonds is 5. The summed E-state index contributed by atoms with van der Waals surface area (Å²) in [5.41, 5.74) is 1.76. The molecule has 0 spiro atoms. The molecule has 0 saturated carbocycles. The van der Waals surface area contributed by atoms with Crippen LogP contribution in [0.5, 0.6) is 0 Å². The fourth-order valence-corrected chi connectivity index (χ4v) is 3.29. The molecule has 1 aromatic carbocycles. The second kappa shape index (κ2) is 7.95. The van der Waals surface area contributed by atoms with Crippen molar-refractivity contribution in [1.29, 1.82) is 0 Å². The van der Waals surface area contributed by atoms with Crippen molar-refractivity contribution in [2.24, 2.45) is 0 Å². The highest BCUT2D eigenvalue weighted by Gasteiger charge is 2.17. The molecule has 4 heteroatoms. The Balaban J connectivity index is 1.75. The zero-order chi connectivity index (χ0) is 15.2. The summed E-state index contributed by atoms with van der Waals surface area (Å²) in [4.78, 5) is 14.7. The highest BCUT2D eigenvalue weighted by molar-refractivity contribution is 9.10. The Morgan fingerprint density at radius 3 is 3.00 bits per heavy atom. The quantitative estimate of drug-likeness (QED) is 0.818. The number of benzene rings is 1. The van der Waals surface area contributed by atoms with Crippen LogP contribution in [0.1, 0.15) is 48.5 Å². The SMILES string of the molecule is Cc1c(Br)cccc1C(=O)NCCCN1CCCCC1C. The first-order valence-electron chi connectivity index (χ1n) is 7.87. The van der Waals surface area contributed by atoms with Crippen molar-refractivity contribution in [2.45, 2.75) is 45.6 Å². The Morgan fingerprint density at radius 1 is 1.43 bits per heavy atom. The first kappa shape index (κ1) is 16.5. The lowest BCUT2D eigenvalue weighted by Gasteiger charge is -2.33. The Bertz CT molecular complexity index is 490. The van der Waals surface area contributed by atoms with Gasteiger partial charge >= 0.3 is 0 Å². The molecule has 0 bridgehead atoms. The summed E-state index contributed by atoms with van der Waals surface area (Å²) < 4.78 is 0.984. The summed E-state index contributed by atoms with van der Waals surface area (Å²) in [5.74, 6) is 0.0282. The van der Waals surface area contributed by atoms with Crippen molar-refractivity contribution in [1.82, 2.24) is 10.2 Å². The van der Waals surface area contributed by atoms with Crippen molar-refractivity contribution in [3.05, 3.63) is 33.8 Å². The number of carbonyl (C=O) groups excluding carboxylic acids is 1. The normalized spacial score (nSPS) is 19.5. The minimum Gasteiger partial charge on any atom is -0.352 e. The number of hydrogen-bond acceptors (Lipinski definition) is 2. The Morgan fingerprint density at radius 2 is 2.24 bits per heavy atom. The second-order valence-corrected chi connectivity index (χ2v) is 6.76. The van der Waals surface area contributed by atoms with Crippen molar-refractivity contribution >= 4 is 21.8 Å². The van der Waals surface area contributed by atoms with E-state index in [1.807, 2.05) is 25.1 Å². The summed E-state index contributed by atoms with van der Waals surface area (Å²) >= 11 is 3.47. The van der Waals surface area contributed by atoms with Gasteiger partial charge in [-0.3, -0.25) is 4.79 Å². The maximum absolute atomic E-state index is 12.2. The van der Waals surface area contributed by atoms with Crippen LogP contribution in [-0.4, -0.2) is 36.5 Å². The van der Waals surface area contributed by atoms with Crippen LogP contribution in [0.3, 0.4) is 0 Å². The van der Waals surface area contributed by atoms with Crippen molar-refractivity contribution in [3.8, 4) is 0 Å². The Hall–Kier alpha value is -0.870. The van der Waals surface area contributed by atoms with Crippen molar-refractivity contribution < 1.29 is 4.79 Å². The Kier molecular flexibility index (Phi) is 6.24. The molecular weight excluding hydrogens is 328 g/mol. The standard InChI is InChI=1S/C17H25BrN2O/c1-13-7-3-4-11-20(13)12-6-10-19-17(21)15-8-5-9-16(18)14(15)2/h5,8-9,13H,3-4,6-7,10-12H2,1-2H3,(H,19,21). The zero-order valence-electron chi connectivity index (χ0n) is 13.0. The number of amides is 1. The topological polar surface area (TPSA) is 32.3 Å². The average molecular weight is 353 g/mol. The molecule has 21 heavy (non-hydrogen) atoms. The van der Waals surface area contributed by atoms with E-state index in [1.54, 1.807) is 0 Å². The molecule has 1 aromatic rings. The molecule has 1 aliphatic heterocycles. The van der Waals surface area contributed by atoms with E-state index in [-0.39, 0.29) is 5.91 Å². The molecule has 1 N–H and O–H groups in total. The van der Waals surface area contributed by atoms with Gasteiger partial charge in [0.2, 0.25) is 0 Å². The molecule has 0 aliphatic carbocycles. The first-order chi connectivity index (χ1) is 10.1. The van der Waals surface area contributed by atoms with E-state index >= 15 is 0 Å². The second-order valence-electron chi connectivity index (χ2n) is 5.90. The van der Waals surface area contributed by atoms with E-state index in [2.05, 4.69) is 33.1 Å². The minimum absolute atomic E-state index is 0.0282. The number of nitrogens with one attached hydrogen (secondary N) is 1. The van der Waals surface area contributed by atoms with Crippen LogP contribution in [0.25, 0.3) is 0 Å². The molecule has 3 nitrogen and oxygen atoms in total. The predicted octanol–water partition coefficient (Wildman–Crippen LogP) is 3.75. The van der Waals surface area contributed by atoms with Gasteiger partial charge in [-0.15, -0.1) is 0 Å². The van der Waals surface area contributed by atoms with Crippen LogP contribution in [0.2, 0.25) is 0 Å². The van der Waals surface area contributed by atoms with Crippen LogP contribution in [0, 0.1) is 6.92 Å². The van der Waals surface area contributed by atoms with Crippen LogP contribution >= 0.6 is 15.9 Å². The lowest BCUT2D eigenvalue weighted by molar-refractivity contribution is 0.0948. The molecule has 1 heterocycles. The maximum atomic E-state index is 12.2. The molecule has 1 unspecified atom stereocenters. The van der Waals surface area contributed by atoms with Gasteiger partial charge in [0.1, 0.15) is 0 Å². The monoisotopic (exact) mass is 352 g/mol. The third-order valence-corrected chi connectivity index (χ3v) is 5.22. The lowest BCUT2D eigenvalue weighted by Crippen LogP contribution is -2.39. The van der Waals surface area contributed by atoms with E-state index in [9.17, 15) is 4.79 Å². The molecule has 0 radical (unpaired) electrons. The van der Waals surface area contributed by atoms with Gasteiger partial charge in [0.25, 0.3) is 5.91 Å². The minimum atomic E-state index is 0.0282. The van der Waals surface area contributed by atoms with E-state index in [4.69, 9.17) is 0 Å². The number of halogens is 1. The number of nitrogens with zero attached hydrogens (tertiary/aromatic N) is 1. The smallest absolute Gasteiger partial charge is 0.251 e. The largest absolute Gasteiger partial charge is 0.352 e. The third kappa shape index (κ3) is 4.55. The summed E-state index contributed by atoms with van der Waals surface area (Å²) in [6.07, 6.45) is 5.00. The van der Waals surface area contributed by atoms with Gasteiger partial charge in [-0.25, -0.2) is 0 Å². The van der Waals surface area contributed by atoms with Gasteiger partial charge in [-0.1, -0.05) is 28.4 Å². The van der Waals surface area contributed by atoms with E-state index in [0.29, 0.717) is 6.04 Å².